The Morgan fingerprint density at radius 2 is 1.88 bits per heavy atom. The summed E-state index contributed by atoms with van der Waals surface area (Å²) in [5.74, 6) is 0.707. The lowest BCUT2D eigenvalue weighted by Crippen LogP contribution is -2.40. The minimum absolute atomic E-state index is 0.0511. The van der Waals surface area contributed by atoms with Gasteiger partial charge in [-0.2, -0.15) is 4.31 Å². The maximum Gasteiger partial charge on any atom is 0.272 e. The zero-order valence-electron chi connectivity index (χ0n) is 13.7. The molecule has 10 heteroatoms. The summed E-state index contributed by atoms with van der Waals surface area (Å²) in [5.41, 5.74) is 0.668. The highest BCUT2D eigenvalue weighted by atomic mass is 32.2. The van der Waals surface area contributed by atoms with E-state index >= 15 is 0 Å². The van der Waals surface area contributed by atoms with Gasteiger partial charge in [-0.1, -0.05) is 0 Å². The van der Waals surface area contributed by atoms with Crippen molar-refractivity contribution in [2.75, 3.05) is 38.4 Å². The molecule has 0 bridgehead atoms. The van der Waals surface area contributed by atoms with Gasteiger partial charge < -0.3 is 24.5 Å². The zero-order chi connectivity index (χ0) is 18.1. The first-order valence-electron chi connectivity index (χ1n) is 8.01. The van der Waals surface area contributed by atoms with Gasteiger partial charge in [0, 0.05) is 31.0 Å². The Morgan fingerprint density at radius 1 is 1.12 bits per heavy atom. The van der Waals surface area contributed by atoms with Crippen molar-refractivity contribution in [3.8, 4) is 11.5 Å². The molecule has 2 N–H and O–H groups in total. The van der Waals surface area contributed by atoms with E-state index in [0.29, 0.717) is 43.5 Å². The summed E-state index contributed by atoms with van der Waals surface area (Å²) in [6.45, 7) is 1.47. The highest BCUT2D eigenvalue weighted by Gasteiger charge is 2.28. The minimum atomic E-state index is -3.65. The SMILES string of the molecule is O=C(Nc1ccc2c(c1)OCO2)c1cc(S(=O)(=O)N2CCOCC2)c[nH]1. The number of nitrogens with zero attached hydrogens (tertiary/aromatic N) is 1. The topological polar surface area (TPSA) is 110 Å². The summed E-state index contributed by atoms with van der Waals surface area (Å²) < 4.78 is 42.2. The first-order chi connectivity index (χ1) is 12.5. The number of carbonyl (C=O) groups is 1. The van der Waals surface area contributed by atoms with Gasteiger partial charge in [0.15, 0.2) is 11.5 Å². The van der Waals surface area contributed by atoms with Crippen LogP contribution in [0.3, 0.4) is 0 Å². The second-order valence-electron chi connectivity index (χ2n) is 5.79. The first-order valence-corrected chi connectivity index (χ1v) is 9.45. The predicted octanol–water partition coefficient (Wildman–Crippen LogP) is 1.02. The van der Waals surface area contributed by atoms with Crippen molar-refractivity contribution in [3.63, 3.8) is 0 Å². The van der Waals surface area contributed by atoms with Gasteiger partial charge in [0.2, 0.25) is 16.8 Å². The van der Waals surface area contributed by atoms with Crippen LogP contribution < -0.4 is 14.8 Å². The number of rotatable bonds is 4. The third-order valence-electron chi connectivity index (χ3n) is 4.14. The first kappa shape index (κ1) is 16.9. The lowest BCUT2D eigenvalue weighted by molar-refractivity contribution is 0.0730. The van der Waals surface area contributed by atoms with E-state index in [1.165, 1.54) is 16.6 Å². The molecule has 138 valence electrons. The number of sulfonamides is 1. The molecule has 0 aliphatic carbocycles. The van der Waals surface area contributed by atoms with E-state index < -0.39 is 15.9 Å². The maximum atomic E-state index is 12.6. The van der Waals surface area contributed by atoms with Crippen molar-refractivity contribution in [2.24, 2.45) is 0 Å². The molecule has 1 fully saturated rings. The number of morpholine rings is 1. The summed E-state index contributed by atoms with van der Waals surface area (Å²) in [6.07, 6.45) is 1.32. The Hall–Kier alpha value is -2.56. The Kier molecular flexibility index (Phi) is 4.31. The van der Waals surface area contributed by atoms with Crippen LogP contribution in [0.25, 0.3) is 0 Å². The Bertz CT molecular complexity index is 933. The second-order valence-corrected chi connectivity index (χ2v) is 7.73. The van der Waals surface area contributed by atoms with E-state index in [1.807, 2.05) is 0 Å². The fourth-order valence-corrected chi connectivity index (χ4v) is 4.17. The number of anilines is 1. The molecule has 2 aliphatic heterocycles. The van der Waals surface area contributed by atoms with Crippen molar-refractivity contribution in [3.05, 3.63) is 36.2 Å². The molecule has 4 rings (SSSR count). The fraction of sp³-hybridized carbons (Fsp3) is 0.312. The molecule has 1 saturated heterocycles. The highest BCUT2D eigenvalue weighted by Crippen LogP contribution is 2.34. The van der Waals surface area contributed by atoms with Gasteiger partial charge in [-0.3, -0.25) is 4.79 Å². The third kappa shape index (κ3) is 3.14. The van der Waals surface area contributed by atoms with Gasteiger partial charge in [0.25, 0.3) is 5.91 Å². The van der Waals surface area contributed by atoms with Gasteiger partial charge in [0.05, 0.1) is 13.2 Å². The summed E-state index contributed by atoms with van der Waals surface area (Å²) >= 11 is 0. The standard InChI is InChI=1S/C16H17N3O6S/c20-16(18-11-1-2-14-15(7-11)25-10-24-14)13-8-12(9-17-13)26(21,22)19-3-5-23-6-4-19/h1-2,7-9,17H,3-6,10H2,(H,18,20). The van der Waals surface area contributed by atoms with Crippen molar-refractivity contribution < 1.29 is 27.4 Å². The van der Waals surface area contributed by atoms with Crippen LogP contribution in [0, 0.1) is 0 Å². The Morgan fingerprint density at radius 3 is 2.69 bits per heavy atom. The van der Waals surface area contributed by atoms with E-state index in [-0.39, 0.29) is 17.4 Å². The minimum Gasteiger partial charge on any atom is -0.454 e. The van der Waals surface area contributed by atoms with Crippen LogP contribution in [0.1, 0.15) is 10.5 Å². The lowest BCUT2D eigenvalue weighted by atomic mass is 10.2. The largest absolute Gasteiger partial charge is 0.454 e. The molecule has 0 atom stereocenters. The number of amides is 1. The molecule has 0 saturated carbocycles. The maximum absolute atomic E-state index is 12.6. The van der Waals surface area contributed by atoms with Crippen LogP contribution in [0.4, 0.5) is 5.69 Å². The van der Waals surface area contributed by atoms with Gasteiger partial charge >= 0.3 is 0 Å². The number of H-pyrrole nitrogens is 1. The number of nitrogens with one attached hydrogen (secondary N) is 2. The molecule has 9 nitrogen and oxygen atoms in total. The molecule has 0 unspecified atom stereocenters. The monoisotopic (exact) mass is 379 g/mol. The number of aromatic amines is 1. The predicted molar refractivity (Wildman–Crippen MR) is 90.9 cm³/mol. The molecule has 1 amide bonds. The number of benzene rings is 1. The Balaban J connectivity index is 1.49. The quantitative estimate of drug-likeness (QED) is 0.821. The van der Waals surface area contributed by atoms with Gasteiger partial charge in [0.1, 0.15) is 10.6 Å². The summed E-state index contributed by atoms with van der Waals surface area (Å²) in [5, 5.41) is 2.70. The van der Waals surface area contributed by atoms with E-state index in [0.717, 1.165) is 0 Å². The third-order valence-corrected chi connectivity index (χ3v) is 6.02. The number of ether oxygens (including phenoxy) is 3. The molecular formula is C16H17N3O6S. The number of fused-ring (bicyclic) bond motifs is 1. The van der Waals surface area contributed by atoms with Crippen LogP contribution in [-0.2, 0) is 14.8 Å². The summed E-state index contributed by atoms with van der Waals surface area (Å²) in [7, 11) is -3.65. The smallest absolute Gasteiger partial charge is 0.272 e. The van der Waals surface area contributed by atoms with Crippen molar-refractivity contribution in [2.45, 2.75) is 4.90 Å². The number of aromatic nitrogens is 1. The van der Waals surface area contributed by atoms with E-state index in [1.54, 1.807) is 18.2 Å². The normalized spacial score (nSPS) is 17.2. The van der Waals surface area contributed by atoms with Gasteiger partial charge in [-0.05, 0) is 18.2 Å². The molecule has 1 aromatic heterocycles. The summed E-state index contributed by atoms with van der Waals surface area (Å²) in [6, 6.07) is 6.35. The Labute approximate surface area is 149 Å². The van der Waals surface area contributed by atoms with Crippen molar-refractivity contribution >= 4 is 21.6 Å². The molecule has 0 radical (unpaired) electrons. The van der Waals surface area contributed by atoms with E-state index in [9.17, 15) is 13.2 Å². The number of carbonyl (C=O) groups excluding carboxylic acids is 1. The molecule has 2 aromatic rings. The molecule has 2 aliphatic rings. The molecule has 0 spiro atoms. The van der Waals surface area contributed by atoms with Crippen molar-refractivity contribution in [1.82, 2.24) is 9.29 Å². The number of hydrogen-bond donors (Lipinski definition) is 2. The van der Waals surface area contributed by atoms with Gasteiger partial charge in [-0.25, -0.2) is 8.42 Å². The van der Waals surface area contributed by atoms with Crippen LogP contribution in [0.5, 0.6) is 11.5 Å². The average molecular weight is 379 g/mol. The van der Waals surface area contributed by atoms with Crippen LogP contribution >= 0.6 is 0 Å². The summed E-state index contributed by atoms with van der Waals surface area (Å²) in [4.78, 5) is 15.2. The lowest BCUT2D eigenvalue weighted by Gasteiger charge is -2.25. The zero-order valence-corrected chi connectivity index (χ0v) is 14.5. The number of hydrogen-bond acceptors (Lipinski definition) is 6. The van der Waals surface area contributed by atoms with Crippen LogP contribution in [0.15, 0.2) is 35.4 Å². The van der Waals surface area contributed by atoms with Crippen LogP contribution in [0.2, 0.25) is 0 Å². The molecule has 3 heterocycles. The fourth-order valence-electron chi connectivity index (χ4n) is 2.76. The second kappa shape index (κ2) is 6.63. The van der Waals surface area contributed by atoms with E-state index in [2.05, 4.69) is 10.3 Å². The van der Waals surface area contributed by atoms with Crippen molar-refractivity contribution in [1.29, 1.82) is 0 Å². The molecule has 26 heavy (non-hydrogen) atoms. The average Bonchev–Trinajstić information content (AvgIpc) is 3.32. The van der Waals surface area contributed by atoms with Crippen LogP contribution in [-0.4, -0.2) is 56.7 Å². The molecular weight excluding hydrogens is 362 g/mol. The van der Waals surface area contributed by atoms with Gasteiger partial charge in [-0.15, -0.1) is 0 Å². The van der Waals surface area contributed by atoms with E-state index in [4.69, 9.17) is 14.2 Å². The highest BCUT2D eigenvalue weighted by molar-refractivity contribution is 7.89. The molecule has 1 aromatic carbocycles.